The molecule has 9 nitrogen and oxygen atoms in total. The summed E-state index contributed by atoms with van der Waals surface area (Å²) in [6.07, 6.45) is 0.693. The van der Waals surface area contributed by atoms with Gasteiger partial charge in [-0.2, -0.15) is 5.26 Å². The maximum absolute atomic E-state index is 12.0. The zero-order chi connectivity index (χ0) is 16.8. The Morgan fingerprint density at radius 1 is 1.27 bits per heavy atom. The van der Waals surface area contributed by atoms with Gasteiger partial charge >= 0.3 is 6.09 Å². The number of nitrogens with zero attached hydrogens (tertiary/aromatic N) is 2. The van der Waals surface area contributed by atoms with Crippen molar-refractivity contribution >= 4 is 12.0 Å². The summed E-state index contributed by atoms with van der Waals surface area (Å²) in [7, 11) is 0. The van der Waals surface area contributed by atoms with Crippen molar-refractivity contribution in [2.24, 2.45) is 0 Å². The van der Waals surface area contributed by atoms with Gasteiger partial charge in [0.1, 0.15) is 11.6 Å². The van der Waals surface area contributed by atoms with E-state index in [1.54, 1.807) is 13.0 Å². The van der Waals surface area contributed by atoms with Crippen molar-refractivity contribution in [3.05, 3.63) is 11.8 Å². The summed E-state index contributed by atoms with van der Waals surface area (Å²) in [5.41, 5.74) is -0.155. The van der Waals surface area contributed by atoms with Crippen molar-refractivity contribution in [1.82, 2.24) is 15.5 Å². The molecule has 0 aliphatic carbocycles. The molecule has 0 aromatic carbocycles. The first-order valence-electron chi connectivity index (χ1n) is 6.85. The topological polar surface area (TPSA) is 135 Å². The standard InChI is InChI=1S/C13H22N4O5/c1-2-22-13(21)16-4-3-15-10-11(9-14)12(20)17(5-7-18)6-8-19/h10,15,18-19H,2-8H2,1H3,(H,16,21)/b11-10-. The van der Waals surface area contributed by atoms with Gasteiger partial charge in [0.25, 0.3) is 5.91 Å². The van der Waals surface area contributed by atoms with E-state index in [9.17, 15) is 9.59 Å². The van der Waals surface area contributed by atoms with E-state index in [4.69, 9.17) is 15.5 Å². The fourth-order valence-corrected chi connectivity index (χ4v) is 1.46. The lowest BCUT2D eigenvalue weighted by Gasteiger charge is -2.20. The molecular weight excluding hydrogens is 292 g/mol. The van der Waals surface area contributed by atoms with Crippen molar-refractivity contribution in [3.63, 3.8) is 0 Å². The van der Waals surface area contributed by atoms with Crippen LogP contribution in [0.5, 0.6) is 0 Å². The Bertz CT molecular complexity index is 413. The predicted octanol–water partition coefficient (Wildman–Crippen LogP) is -1.46. The largest absolute Gasteiger partial charge is 0.450 e. The van der Waals surface area contributed by atoms with Crippen LogP contribution in [0.15, 0.2) is 11.8 Å². The Morgan fingerprint density at radius 3 is 2.41 bits per heavy atom. The molecule has 22 heavy (non-hydrogen) atoms. The molecular formula is C13H22N4O5. The van der Waals surface area contributed by atoms with Crippen molar-refractivity contribution < 1.29 is 24.5 Å². The summed E-state index contributed by atoms with van der Waals surface area (Å²) in [6, 6.07) is 1.75. The molecule has 2 amide bonds. The molecule has 0 bridgehead atoms. The minimum Gasteiger partial charge on any atom is -0.450 e. The van der Waals surface area contributed by atoms with Gasteiger partial charge in [0, 0.05) is 32.4 Å². The van der Waals surface area contributed by atoms with Gasteiger partial charge in [0.2, 0.25) is 0 Å². The van der Waals surface area contributed by atoms with Crippen LogP contribution in [-0.2, 0) is 9.53 Å². The van der Waals surface area contributed by atoms with Crippen LogP contribution in [0.3, 0.4) is 0 Å². The zero-order valence-corrected chi connectivity index (χ0v) is 12.5. The Labute approximate surface area is 129 Å². The first kappa shape index (κ1) is 19.7. The predicted molar refractivity (Wildman–Crippen MR) is 77.5 cm³/mol. The van der Waals surface area contributed by atoms with Crippen molar-refractivity contribution in [1.29, 1.82) is 5.26 Å². The lowest BCUT2D eigenvalue weighted by molar-refractivity contribution is -0.127. The molecule has 0 aliphatic rings. The SMILES string of the molecule is CCOC(=O)NCCN/C=C(/C#N)C(=O)N(CCO)CCO. The Balaban J connectivity index is 4.34. The van der Waals surface area contributed by atoms with Crippen LogP contribution >= 0.6 is 0 Å². The molecule has 0 rings (SSSR count). The van der Waals surface area contributed by atoms with Crippen molar-refractivity contribution in [3.8, 4) is 6.07 Å². The minimum atomic E-state index is -0.587. The van der Waals surface area contributed by atoms with Gasteiger partial charge in [-0.15, -0.1) is 0 Å². The molecule has 0 unspecified atom stereocenters. The number of carbonyl (C=O) groups is 2. The Morgan fingerprint density at radius 2 is 1.91 bits per heavy atom. The molecule has 124 valence electrons. The van der Waals surface area contributed by atoms with Crippen LogP contribution in [0.25, 0.3) is 0 Å². The van der Waals surface area contributed by atoms with E-state index in [-0.39, 0.29) is 45.0 Å². The highest BCUT2D eigenvalue weighted by Crippen LogP contribution is 2.00. The third kappa shape index (κ3) is 8.08. The Kier molecular flexibility index (Phi) is 11.1. The number of alkyl carbamates (subject to hydrolysis) is 1. The third-order valence-electron chi connectivity index (χ3n) is 2.44. The molecule has 0 saturated carbocycles. The number of amides is 2. The maximum atomic E-state index is 12.0. The van der Waals surface area contributed by atoms with Crippen molar-refractivity contribution in [2.75, 3.05) is 46.0 Å². The number of nitriles is 1. The number of hydrogen-bond donors (Lipinski definition) is 4. The van der Waals surface area contributed by atoms with Crippen LogP contribution in [-0.4, -0.2) is 73.1 Å². The molecule has 0 heterocycles. The number of aliphatic hydroxyl groups is 2. The normalized spacial score (nSPS) is 10.5. The lowest BCUT2D eigenvalue weighted by atomic mass is 10.2. The monoisotopic (exact) mass is 314 g/mol. The highest BCUT2D eigenvalue weighted by molar-refractivity contribution is 5.97. The summed E-state index contributed by atoms with van der Waals surface area (Å²) in [5.74, 6) is -0.587. The van der Waals surface area contributed by atoms with Gasteiger partial charge in [-0.05, 0) is 6.92 Å². The van der Waals surface area contributed by atoms with Crippen LogP contribution in [0, 0.1) is 11.3 Å². The second-order valence-corrected chi connectivity index (χ2v) is 4.01. The molecule has 0 radical (unpaired) electrons. The third-order valence-corrected chi connectivity index (χ3v) is 2.44. The number of ether oxygens (including phenoxy) is 1. The molecule has 0 fully saturated rings. The van der Waals surface area contributed by atoms with Crippen LogP contribution in [0.1, 0.15) is 6.92 Å². The fraction of sp³-hybridized carbons (Fsp3) is 0.615. The van der Waals surface area contributed by atoms with Crippen molar-refractivity contribution in [2.45, 2.75) is 6.92 Å². The van der Waals surface area contributed by atoms with Gasteiger partial charge in [0.05, 0.1) is 19.8 Å². The second-order valence-electron chi connectivity index (χ2n) is 4.01. The number of aliphatic hydroxyl groups excluding tert-OH is 2. The van der Waals surface area contributed by atoms with E-state index < -0.39 is 12.0 Å². The first-order chi connectivity index (χ1) is 10.6. The minimum absolute atomic E-state index is 0.0306. The Hall–Kier alpha value is -2.31. The summed E-state index contributed by atoms with van der Waals surface area (Å²) >= 11 is 0. The van der Waals surface area contributed by atoms with Crippen LogP contribution < -0.4 is 10.6 Å². The average molecular weight is 314 g/mol. The highest BCUT2D eigenvalue weighted by atomic mass is 16.5. The summed E-state index contributed by atoms with van der Waals surface area (Å²) < 4.78 is 4.66. The summed E-state index contributed by atoms with van der Waals surface area (Å²) in [5, 5.41) is 31.9. The molecule has 0 saturated heterocycles. The van der Waals surface area contributed by atoms with E-state index in [1.165, 1.54) is 11.1 Å². The molecule has 0 aliphatic heterocycles. The van der Waals surface area contributed by atoms with Gasteiger partial charge in [-0.1, -0.05) is 0 Å². The molecule has 0 aromatic heterocycles. The van der Waals surface area contributed by atoms with E-state index in [0.717, 1.165) is 0 Å². The summed E-state index contributed by atoms with van der Waals surface area (Å²) in [6.45, 7) is 2.07. The number of nitrogens with one attached hydrogen (secondary N) is 2. The number of rotatable bonds is 10. The van der Waals surface area contributed by atoms with Gasteiger partial charge < -0.3 is 30.5 Å². The van der Waals surface area contributed by atoms with Gasteiger partial charge in [-0.3, -0.25) is 4.79 Å². The van der Waals surface area contributed by atoms with E-state index in [2.05, 4.69) is 15.4 Å². The van der Waals surface area contributed by atoms with Gasteiger partial charge in [-0.25, -0.2) is 4.79 Å². The number of carbonyl (C=O) groups excluding carboxylic acids is 2. The van der Waals surface area contributed by atoms with E-state index in [1.807, 2.05) is 0 Å². The van der Waals surface area contributed by atoms with Crippen LogP contribution in [0.4, 0.5) is 4.79 Å². The first-order valence-corrected chi connectivity index (χ1v) is 6.85. The zero-order valence-electron chi connectivity index (χ0n) is 12.5. The van der Waals surface area contributed by atoms with Gasteiger partial charge in [0.15, 0.2) is 0 Å². The van der Waals surface area contributed by atoms with Crippen LogP contribution in [0.2, 0.25) is 0 Å². The molecule has 0 aromatic rings. The maximum Gasteiger partial charge on any atom is 0.407 e. The second kappa shape index (κ2) is 12.4. The van der Waals surface area contributed by atoms with E-state index in [0.29, 0.717) is 6.54 Å². The fourth-order valence-electron chi connectivity index (χ4n) is 1.46. The molecule has 4 N–H and O–H groups in total. The molecule has 9 heteroatoms. The smallest absolute Gasteiger partial charge is 0.407 e. The molecule has 0 spiro atoms. The summed E-state index contributed by atoms with van der Waals surface area (Å²) in [4.78, 5) is 24.2. The van der Waals surface area contributed by atoms with E-state index >= 15 is 0 Å². The molecule has 0 atom stereocenters. The lowest BCUT2D eigenvalue weighted by Crippen LogP contribution is -2.37. The highest BCUT2D eigenvalue weighted by Gasteiger charge is 2.17. The number of hydrogen-bond acceptors (Lipinski definition) is 7. The quantitative estimate of drug-likeness (QED) is 0.220. The average Bonchev–Trinajstić information content (AvgIpc) is 2.50.